The lowest BCUT2D eigenvalue weighted by Crippen LogP contribution is -2.17. The molecule has 6 nitrogen and oxygen atoms in total. The molecule has 0 saturated carbocycles. The van der Waals surface area contributed by atoms with Crippen LogP contribution in [0.4, 0.5) is 0 Å². The summed E-state index contributed by atoms with van der Waals surface area (Å²) in [6.45, 7) is 2.11. The summed E-state index contributed by atoms with van der Waals surface area (Å²) in [6.07, 6.45) is 6.07. The molecular formula is C22H22N4O2. The molecule has 0 spiro atoms. The number of hydrogen-bond donors (Lipinski definition) is 2. The van der Waals surface area contributed by atoms with Crippen LogP contribution in [-0.4, -0.2) is 29.4 Å². The highest BCUT2D eigenvalue weighted by Crippen LogP contribution is 2.19. The van der Waals surface area contributed by atoms with E-state index >= 15 is 0 Å². The standard InChI is InChI=1S/C22H22N4O2/c1-3-16-10-12-17(13-11-16)19-15-20(25-24-19)22(27)26-23-14-6-8-18-7-4-5-9-21(18)28-2/h4-15H,3H2,1-2H3,(H,24,25)(H,26,27). The fraction of sp³-hybridized carbons (Fsp3) is 0.136. The molecule has 1 aromatic heterocycles. The lowest BCUT2D eigenvalue weighted by molar-refractivity contribution is 0.0950. The summed E-state index contributed by atoms with van der Waals surface area (Å²) in [4.78, 5) is 12.2. The van der Waals surface area contributed by atoms with E-state index in [1.54, 1.807) is 19.3 Å². The van der Waals surface area contributed by atoms with Crippen molar-refractivity contribution < 1.29 is 9.53 Å². The summed E-state index contributed by atoms with van der Waals surface area (Å²) in [5.74, 6) is 0.416. The number of hydrazone groups is 1. The topological polar surface area (TPSA) is 79.4 Å². The van der Waals surface area contributed by atoms with Gasteiger partial charge in [0.25, 0.3) is 5.91 Å². The Labute approximate surface area is 163 Å². The van der Waals surface area contributed by atoms with Crippen molar-refractivity contribution in [2.75, 3.05) is 7.11 Å². The number of aryl methyl sites for hydroxylation is 1. The SMILES string of the molecule is CCc1ccc(-c2cc(C(=O)NN=CC=Cc3ccccc3OC)[nH]n2)cc1. The van der Waals surface area contributed by atoms with Gasteiger partial charge < -0.3 is 4.74 Å². The number of hydrogen-bond acceptors (Lipinski definition) is 4. The van der Waals surface area contributed by atoms with Crippen molar-refractivity contribution in [1.29, 1.82) is 0 Å². The summed E-state index contributed by atoms with van der Waals surface area (Å²) in [6, 6.07) is 17.5. The molecule has 0 bridgehead atoms. The second-order valence-electron chi connectivity index (χ2n) is 6.04. The molecule has 2 N–H and O–H groups in total. The number of aromatic nitrogens is 2. The van der Waals surface area contributed by atoms with Crippen molar-refractivity contribution in [3.8, 4) is 17.0 Å². The largest absolute Gasteiger partial charge is 0.496 e. The average Bonchev–Trinajstić information content (AvgIpc) is 3.24. The molecule has 28 heavy (non-hydrogen) atoms. The van der Waals surface area contributed by atoms with E-state index in [4.69, 9.17) is 4.74 Å². The van der Waals surface area contributed by atoms with Crippen LogP contribution in [0.1, 0.15) is 28.5 Å². The van der Waals surface area contributed by atoms with Gasteiger partial charge in [-0.25, -0.2) is 5.43 Å². The average molecular weight is 374 g/mol. The quantitative estimate of drug-likeness (QED) is 0.483. The highest BCUT2D eigenvalue weighted by atomic mass is 16.5. The first-order valence-corrected chi connectivity index (χ1v) is 8.99. The number of nitrogens with zero attached hydrogens (tertiary/aromatic N) is 2. The van der Waals surface area contributed by atoms with E-state index in [2.05, 4.69) is 39.8 Å². The Morgan fingerprint density at radius 2 is 2.00 bits per heavy atom. The highest BCUT2D eigenvalue weighted by Gasteiger charge is 2.10. The number of amides is 1. The van der Waals surface area contributed by atoms with Gasteiger partial charge in [-0.2, -0.15) is 10.2 Å². The van der Waals surface area contributed by atoms with Crippen LogP contribution in [0.15, 0.2) is 65.8 Å². The summed E-state index contributed by atoms with van der Waals surface area (Å²) in [5, 5.41) is 10.9. The number of benzene rings is 2. The molecule has 3 aromatic rings. The molecule has 0 atom stereocenters. The van der Waals surface area contributed by atoms with E-state index < -0.39 is 0 Å². The Hall–Kier alpha value is -3.67. The van der Waals surface area contributed by atoms with Gasteiger partial charge >= 0.3 is 0 Å². The second-order valence-corrected chi connectivity index (χ2v) is 6.04. The van der Waals surface area contributed by atoms with Gasteiger partial charge in [-0.3, -0.25) is 9.89 Å². The Morgan fingerprint density at radius 1 is 1.21 bits per heavy atom. The normalized spacial score (nSPS) is 11.2. The predicted molar refractivity (Wildman–Crippen MR) is 111 cm³/mol. The molecule has 0 radical (unpaired) electrons. The fourth-order valence-corrected chi connectivity index (χ4v) is 2.65. The molecule has 1 amide bonds. The van der Waals surface area contributed by atoms with Crippen LogP contribution in [0, 0.1) is 0 Å². The molecule has 0 fully saturated rings. The van der Waals surface area contributed by atoms with Crippen molar-refractivity contribution in [1.82, 2.24) is 15.6 Å². The minimum Gasteiger partial charge on any atom is -0.496 e. The van der Waals surface area contributed by atoms with Crippen molar-refractivity contribution >= 4 is 18.2 Å². The number of methoxy groups -OCH3 is 1. The van der Waals surface area contributed by atoms with Gasteiger partial charge in [-0.1, -0.05) is 49.4 Å². The summed E-state index contributed by atoms with van der Waals surface area (Å²) in [5.41, 5.74) is 6.67. The number of carbonyl (C=O) groups is 1. The van der Waals surface area contributed by atoms with E-state index in [1.807, 2.05) is 42.5 Å². The maximum Gasteiger partial charge on any atom is 0.289 e. The minimum absolute atomic E-state index is 0.348. The van der Waals surface area contributed by atoms with Crippen molar-refractivity contribution in [3.05, 3.63) is 77.5 Å². The number of nitrogens with one attached hydrogen (secondary N) is 2. The lowest BCUT2D eigenvalue weighted by atomic mass is 10.1. The van der Waals surface area contributed by atoms with E-state index in [0.29, 0.717) is 11.4 Å². The summed E-state index contributed by atoms with van der Waals surface area (Å²) in [7, 11) is 1.62. The highest BCUT2D eigenvalue weighted by molar-refractivity contribution is 5.94. The van der Waals surface area contributed by atoms with Crippen molar-refractivity contribution in [3.63, 3.8) is 0 Å². The number of allylic oxidation sites excluding steroid dienone is 1. The van der Waals surface area contributed by atoms with Gasteiger partial charge in [-0.15, -0.1) is 0 Å². The molecule has 0 saturated heterocycles. The third kappa shape index (κ3) is 4.73. The van der Waals surface area contributed by atoms with Crippen LogP contribution in [0.5, 0.6) is 5.75 Å². The molecule has 0 aliphatic carbocycles. The Kier molecular flexibility index (Phi) is 6.36. The number of aromatic amines is 1. The van der Waals surface area contributed by atoms with Gasteiger partial charge in [0.2, 0.25) is 0 Å². The Balaban J connectivity index is 1.58. The predicted octanol–water partition coefficient (Wildman–Crippen LogP) is 4.08. The van der Waals surface area contributed by atoms with Crippen LogP contribution >= 0.6 is 0 Å². The van der Waals surface area contributed by atoms with Gasteiger partial charge in [0.05, 0.1) is 12.8 Å². The first-order valence-electron chi connectivity index (χ1n) is 8.99. The van der Waals surface area contributed by atoms with Crippen LogP contribution in [0.25, 0.3) is 17.3 Å². The number of H-pyrrole nitrogens is 1. The van der Waals surface area contributed by atoms with Gasteiger partial charge in [0, 0.05) is 17.3 Å². The van der Waals surface area contributed by atoms with Crippen molar-refractivity contribution in [2.24, 2.45) is 5.10 Å². The van der Waals surface area contributed by atoms with Gasteiger partial charge in [-0.05, 0) is 36.3 Å². The number of para-hydroxylation sites is 1. The summed E-state index contributed by atoms with van der Waals surface area (Å²) < 4.78 is 5.27. The molecule has 3 rings (SSSR count). The zero-order valence-electron chi connectivity index (χ0n) is 15.8. The van der Waals surface area contributed by atoms with Crippen LogP contribution in [-0.2, 0) is 6.42 Å². The molecule has 0 aliphatic rings. The third-order valence-electron chi connectivity index (χ3n) is 4.22. The minimum atomic E-state index is -0.356. The van der Waals surface area contributed by atoms with E-state index in [1.165, 1.54) is 11.8 Å². The number of rotatable bonds is 7. The van der Waals surface area contributed by atoms with Crippen LogP contribution < -0.4 is 10.2 Å². The maximum atomic E-state index is 12.2. The van der Waals surface area contributed by atoms with Gasteiger partial charge in [0.15, 0.2) is 0 Å². The Bertz CT molecular complexity index is 988. The first kappa shape index (κ1) is 19.1. The zero-order valence-corrected chi connectivity index (χ0v) is 15.8. The van der Waals surface area contributed by atoms with Crippen LogP contribution in [0.2, 0.25) is 0 Å². The maximum absolute atomic E-state index is 12.2. The van der Waals surface area contributed by atoms with E-state index in [9.17, 15) is 4.79 Å². The summed E-state index contributed by atoms with van der Waals surface area (Å²) >= 11 is 0. The zero-order chi connectivity index (χ0) is 19.8. The fourth-order valence-electron chi connectivity index (χ4n) is 2.65. The van der Waals surface area contributed by atoms with Gasteiger partial charge in [0.1, 0.15) is 11.4 Å². The van der Waals surface area contributed by atoms with Crippen LogP contribution in [0.3, 0.4) is 0 Å². The molecule has 0 aliphatic heterocycles. The third-order valence-corrected chi connectivity index (χ3v) is 4.22. The molecule has 6 heteroatoms. The smallest absolute Gasteiger partial charge is 0.289 e. The monoisotopic (exact) mass is 374 g/mol. The molecule has 142 valence electrons. The van der Waals surface area contributed by atoms with E-state index in [-0.39, 0.29) is 5.91 Å². The number of ether oxygens (including phenoxy) is 1. The first-order chi connectivity index (χ1) is 13.7. The molecule has 0 unspecified atom stereocenters. The molecular weight excluding hydrogens is 352 g/mol. The lowest BCUT2D eigenvalue weighted by Gasteiger charge is -2.02. The van der Waals surface area contributed by atoms with E-state index in [0.717, 1.165) is 23.3 Å². The second kappa shape index (κ2) is 9.32. The number of carbonyl (C=O) groups excluding carboxylic acids is 1. The molecule has 1 heterocycles. The molecule has 2 aromatic carbocycles. The van der Waals surface area contributed by atoms with Crippen molar-refractivity contribution in [2.45, 2.75) is 13.3 Å². The Morgan fingerprint density at radius 3 is 2.75 bits per heavy atom.